The van der Waals surface area contributed by atoms with E-state index >= 15 is 0 Å². The summed E-state index contributed by atoms with van der Waals surface area (Å²) in [6.07, 6.45) is 48.9. The number of rotatable bonds is 35. The number of carboxylic acids is 1. The first-order valence-electron chi connectivity index (χ1n) is 20.9. The lowest BCUT2D eigenvalue weighted by atomic mass is 10.1. The number of aliphatic carboxylic acids is 1. The minimum atomic E-state index is -0.895. The third-order valence-electron chi connectivity index (χ3n) is 8.66. The molecule has 310 valence electrons. The fourth-order valence-electron chi connectivity index (χ4n) is 5.41. The van der Waals surface area contributed by atoms with Gasteiger partial charge in [-0.05, 0) is 51.4 Å². The summed E-state index contributed by atoms with van der Waals surface area (Å²) >= 11 is 0. The zero-order valence-electron chi connectivity index (χ0n) is 35.1. The minimum Gasteiger partial charge on any atom is -0.477 e. The molecule has 0 aliphatic heterocycles. The highest BCUT2D eigenvalue weighted by Crippen LogP contribution is 2.12. The average Bonchev–Trinajstić information content (AvgIpc) is 3.14. The molecule has 0 aromatic rings. The smallest absolute Gasteiger partial charge is 0.362 e. The van der Waals surface area contributed by atoms with Gasteiger partial charge in [0.2, 0.25) is 0 Å². The summed E-state index contributed by atoms with van der Waals surface area (Å²) in [6, 6.07) is -0.636. The molecule has 0 spiro atoms. The topological polar surface area (TPSA) is 99.1 Å². The number of ether oxygens (including phenoxy) is 3. The number of unbranched alkanes of at least 4 members (excludes halogenated alkanes) is 11. The Hall–Kier alpha value is -3.75. The third-order valence-corrected chi connectivity index (χ3v) is 8.66. The second kappa shape index (κ2) is 37.2. The van der Waals surface area contributed by atoms with Gasteiger partial charge in [-0.15, -0.1) is 0 Å². The first-order valence-corrected chi connectivity index (χ1v) is 20.9. The van der Waals surface area contributed by atoms with Crippen LogP contribution in [-0.4, -0.2) is 80.6 Å². The maximum atomic E-state index is 12.6. The molecule has 2 atom stereocenters. The first kappa shape index (κ1) is 51.2. The molecule has 2 unspecified atom stereocenters. The second-order valence-corrected chi connectivity index (χ2v) is 14.7. The number of carbonyl (C=O) groups is 3. The monoisotopic (exact) mass is 767 g/mol. The van der Waals surface area contributed by atoms with Crippen molar-refractivity contribution in [3.05, 3.63) is 97.2 Å². The van der Waals surface area contributed by atoms with Crippen LogP contribution in [0.15, 0.2) is 97.2 Å². The maximum absolute atomic E-state index is 12.6. The van der Waals surface area contributed by atoms with E-state index in [-0.39, 0.29) is 42.7 Å². The van der Waals surface area contributed by atoms with E-state index in [4.69, 9.17) is 14.2 Å². The Kier molecular flexibility index (Phi) is 34.7. The van der Waals surface area contributed by atoms with Crippen LogP contribution in [0.4, 0.5) is 0 Å². The molecule has 8 nitrogen and oxygen atoms in total. The summed E-state index contributed by atoms with van der Waals surface area (Å²) in [5.74, 6) is -1.61. The molecule has 55 heavy (non-hydrogen) atoms. The van der Waals surface area contributed by atoms with Gasteiger partial charge in [-0.3, -0.25) is 9.59 Å². The van der Waals surface area contributed by atoms with Crippen LogP contribution in [0, 0.1) is 0 Å². The maximum Gasteiger partial charge on any atom is 0.362 e. The molecule has 0 heterocycles. The zero-order valence-corrected chi connectivity index (χ0v) is 35.1. The Labute approximate surface area is 335 Å². The number of hydrogen-bond acceptors (Lipinski definition) is 6. The Morgan fingerprint density at radius 1 is 0.564 bits per heavy atom. The van der Waals surface area contributed by atoms with Crippen LogP contribution in [0.3, 0.4) is 0 Å². The molecule has 0 saturated heterocycles. The van der Waals surface area contributed by atoms with Gasteiger partial charge in [0.15, 0.2) is 12.1 Å². The Morgan fingerprint density at radius 2 is 1.04 bits per heavy atom. The quantitative estimate of drug-likeness (QED) is 0.0297. The number of carboxylic acid groups (broad SMARTS) is 1. The van der Waals surface area contributed by atoms with E-state index in [1.165, 1.54) is 32.1 Å². The van der Waals surface area contributed by atoms with Gasteiger partial charge in [-0.1, -0.05) is 156 Å². The van der Waals surface area contributed by atoms with Gasteiger partial charge >= 0.3 is 17.9 Å². The number of esters is 2. The highest BCUT2D eigenvalue weighted by Gasteiger charge is 2.31. The van der Waals surface area contributed by atoms with E-state index in [1.54, 1.807) is 0 Å². The van der Waals surface area contributed by atoms with Crippen molar-refractivity contribution in [2.45, 2.75) is 142 Å². The van der Waals surface area contributed by atoms with Crippen LogP contribution in [-0.2, 0) is 28.6 Å². The summed E-state index contributed by atoms with van der Waals surface area (Å²) in [7, 11) is 5.47. The van der Waals surface area contributed by atoms with Gasteiger partial charge in [-0.2, -0.15) is 0 Å². The molecule has 0 rings (SSSR count). The molecule has 0 amide bonds. The van der Waals surface area contributed by atoms with Crippen molar-refractivity contribution >= 4 is 17.9 Å². The van der Waals surface area contributed by atoms with Crippen LogP contribution in [0.5, 0.6) is 0 Å². The molecule has 1 N–H and O–H groups in total. The molecular weight excluding hydrogens is 691 g/mol. The van der Waals surface area contributed by atoms with E-state index in [1.807, 2.05) is 75.8 Å². The van der Waals surface area contributed by atoms with Crippen molar-refractivity contribution in [1.29, 1.82) is 0 Å². The van der Waals surface area contributed by atoms with Gasteiger partial charge in [0.05, 0.1) is 34.4 Å². The first-order chi connectivity index (χ1) is 26.6. The van der Waals surface area contributed by atoms with Crippen LogP contribution in [0.25, 0.3) is 0 Å². The molecule has 0 radical (unpaired) electrons. The van der Waals surface area contributed by atoms with Gasteiger partial charge < -0.3 is 23.8 Å². The number of allylic oxidation sites excluding steroid dienone is 16. The summed E-state index contributed by atoms with van der Waals surface area (Å²) in [5, 5.41) is 9.60. The number of carbonyl (C=O) groups excluding carboxylic acids is 2. The summed E-state index contributed by atoms with van der Waals surface area (Å²) in [5.41, 5.74) is 0. The second-order valence-electron chi connectivity index (χ2n) is 14.7. The van der Waals surface area contributed by atoms with Crippen molar-refractivity contribution in [3.63, 3.8) is 0 Å². The molecule has 8 heteroatoms. The van der Waals surface area contributed by atoms with Crippen LogP contribution < -0.4 is 0 Å². The zero-order chi connectivity index (χ0) is 40.7. The van der Waals surface area contributed by atoms with Gasteiger partial charge in [0.25, 0.3) is 0 Å². The summed E-state index contributed by atoms with van der Waals surface area (Å²) in [6.45, 7) is 4.44. The third kappa shape index (κ3) is 35.7. The normalized spacial score (nSPS) is 14.0. The highest BCUT2D eigenvalue weighted by atomic mass is 16.6. The molecule has 0 saturated carbocycles. The van der Waals surface area contributed by atoms with E-state index in [0.717, 1.165) is 51.4 Å². The van der Waals surface area contributed by atoms with E-state index in [0.29, 0.717) is 25.7 Å². The Bertz CT molecular complexity index is 1220. The molecule has 0 aliphatic rings. The highest BCUT2D eigenvalue weighted by molar-refractivity contribution is 5.72. The van der Waals surface area contributed by atoms with Crippen molar-refractivity contribution in [1.82, 2.24) is 0 Å². The largest absolute Gasteiger partial charge is 0.477 e. The number of quaternary nitrogens is 1. The lowest BCUT2D eigenvalue weighted by Crippen LogP contribution is -2.50. The molecule has 0 aromatic heterocycles. The van der Waals surface area contributed by atoms with Crippen molar-refractivity contribution in [2.75, 3.05) is 41.0 Å². The summed E-state index contributed by atoms with van der Waals surface area (Å²) in [4.78, 5) is 36.9. The number of nitrogens with zero attached hydrogens (tertiary/aromatic N) is 1. The lowest BCUT2D eigenvalue weighted by Gasteiger charge is -2.31. The fourth-order valence-corrected chi connectivity index (χ4v) is 5.41. The molecule has 0 aliphatic carbocycles. The van der Waals surface area contributed by atoms with Gasteiger partial charge in [0, 0.05) is 19.3 Å². The molecular formula is C47H76NO7+. The van der Waals surface area contributed by atoms with Gasteiger partial charge in [-0.25, -0.2) is 4.79 Å². The summed E-state index contributed by atoms with van der Waals surface area (Å²) < 4.78 is 17.1. The average molecular weight is 767 g/mol. The van der Waals surface area contributed by atoms with E-state index < -0.39 is 18.1 Å². The van der Waals surface area contributed by atoms with Crippen molar-refractivity contribution in [3.8, 4) is 0 Å². The molecule has 0 bridgehead atoms. The van der Waals surface area contributed by atoms with Gasteiger partial charge in [0.1, 0.15) is 6.61 Å². The van der Waals surface area contributed by atoms with Crippen LogP contribution in [0.1, 0.15) is 129 Å². The predicted octanol–water partition coefficient (Wildman–Crippen LogP) is 11.1. The Morgan fingerprint density at radius 3 is 1.56 bits per heavy atom. The lowest BCUT2D eigenvalue weighted by molar-refractivity contribution is -0.887. The predicted molar refractivity (Wildman–Crippen MR) is 229 cm³/mol. The number of hydrogen-bond donors (Lipinski definition) is 1. The molecule has 0 aromatic carbocycles. The van der Waals surface area contributed by atoms with Crippen molar-refractivity contribution < 1.29 is 38.2 Å². The minimum absolute atomic E-state index is 0.0188. The standard InChI is InChI=1S/C47H75NO7/c1-6-8-10-12-14-16-18-20-21-22-23-24-26-27-29-31-33-35-37-45(49)54-42-43(41-53-40-39-44(47(51)52)48(3,4)5)55-46(50)38-36-34-32-30-28-25-19-17-15-13-11-9-7-2/h9,11,13,15,17-25,28,30,32,43-44H,6-8,10,12,14,16,26-27,29,31,33-42H2,1-5H3/p+1/b11-9+,15-13+,19-17+,20-18+,22-21+,24-23+,28-25+,32-30+. The van der Waals surface area contributed by atoms with E-state index in [2.05, 4.69) is 56.4 Å². The fraction of sp³-hybridized carbons (Fsp3) is 0.596. The number of likely N-dealkylation sites (N-methyl/N-ethyl adjacent to an activating group) is 1. The SMILES string of the molecule is CC/C=C/C=C/C=C/C=C/C=C/CCCC(=O)OC(COCCC(C(=O)O)[N+](C)(C)C)COC(=O)CCCCCCC/C=C/C=C/C=C/CCCCCCC. The van der Waals surface area contributed by atoms with Crippen molar-refractivity contribution in [2.24, 2.45) is 0 Å². The van der Waals surface area contributed by atoms with Crippen LogP contribution >= 0.6 is 0 Å². The van der Waals surface area contributed by atoms with E-state index in [9.17, 15) is 19.5 Å². The molecule has 0 fully saturated rings. The Balaban J connectivity index is 4.53. The van der Waals surface area contributed by atoms with Crippen LogP contribution in [0.2, 0.25) is 0 Å².